The molecule has 1 aromatic heterocycles. The average molecular weight is 282 g/mol. The molecule has 1 fully saturated rings. The average Bonchev–Trinajstić information content (AvgIpc) is 3.03. The van der Waals surface area contributed by atoms with E-state index in [1.54, 1.807) is 18.2 Å². The van der Waals surface area contributed by atoms with Crippen molar-refractivity contribution in [2.24, 2.45) is 0 Å². The van der Waals surface area contributed by atoms with Gasteiger partial charge in [0.05, 0.1) is 0 Å². The fourth-order valence-corrected chi connectivity index (χ4v) is 2.40. The number of aromatic nitrogens is 2. The van der Waals surface area contributed by atoms with E-state index in [0.29, 0.717) is 11.4 Å². The maximum atomic E-state index is 12.1. The lowest BCUT2D eigenvalue weighted by Crippen LogP contribution is -2.20. The minimum atomic E-state index is -0.168. The van der Waals surface area contributed by atoms with Gasteiger partial charge in [0.1, 0.15) is 0 Å². The molecule has 0 saturated carbocycles. The molecule has 1 amide bonds. The Bertz CT molecular complexity index is 616. The molecule has 0 atom stereocenters. The molecule has 5 heteroatoms. The van der Waals surface area contributed by atoms with Crippen LogP contribution in [0.5, 0.6) is 0 Å². The number of amides is 1. The first kappa shape index (κ1) is 13.5. The van der Waals surface area contributed by atoms with Crippen LogP contribution in [-0.2, 0) is 0 Å². The first-order chi connectivity index (χ1) is 10.2. The minimum Gasteiger partial charge on any atom is -0.355 e. The van der Waals surface area contributed by atoms with Crippen LogP contribution in [0, 0.1) is 6.92 Å². The first-order valence-electron chi connectivity index (χ1n) is 7.19. The van der Waals surface area contributed by atoms with Crippen molar-refractivity contribution in [3.63, 3.8) is 0 Å². The highest BCUT2D eigenvalue weighted by Gasteiger charge is 2.14. The fourth-order valence-electron chi connectivity index (χ4n) is 2.40. The second-order valence-corrected chi connectivity index (χ2v) is 5.29. The van der Waals surface area contributed by atoms with Crippen molar-refractivity contribution < 1.29 is 4.79 Å². The van der Waals surface area contributed by atoms with Crippen molar-refractivity contribution in [3.05, 3.63) is 47.5 Å². The molecule has 0 radical (unpaired) electrons. The van der Waals surface area contributed by atoms with Crippen molar-refractivity contribution in [1.29, 1.82) is 0 Å². The highest BCUT2D eigenvalue weighted by Crippen LogP contribution is 2.17. The predicted octanol–water partition coefficient (Wildman–Crippen LogP) is 2.64. The SMILES string of the molecule is Cc1ccc(C(=O)Nc2ccc(N3CCCC3)nn2)cc1. The van der Waals surface area contributed by atoms with Crippen LogP contribution in [0.2, 0.25) is 0 Å². The van der Waals surface area contributed by atoms with E-state index in [4.69, 9.17) is 0 Å². The van der Waals surface area contributed by atoms with Crippen LogP contribution in [-0.4, -0.2) is 29.2 Å². The molecule has 1 saturated heterocycles. The van der Waals surface area contributed by atoms with E-state index in [1.165, 1.54) is 12.8 Å². The van der Waals surface area contributed by atoms with Crippen LogP contribution < -0.4 is 10.2 Å². The predicted molar refractivity (Wildman–Crippen MR) is 82.6 cm³/mol. The quantitative estimate of drug-likeness (QED) is 0.940. The maximum Gasteiger partial charge on any atom is 0.256 e. The van der Waals surface area contributed by atoms with E-state index in [2.05, 4.69) is 20.4 Å². The number of carbonyl (C=O) groups excluding carboxylic acids is 1. The molecule has 1 aliphatic heterocycles. The molecule has 5 nitrogen and oxygen atoms in total. The second kappa shape index (κ2) is 5.91. The van der Waals surface area contributed by atoms with E-state index in [9.17, 15) is 4.79 Å². The molecule has 0 unspecified atom stereocenters. The maximum absolute atomic E-state index is 12.1. The summed E-state index contributed by atoms with van der Waals surface area (Å²) in [6, 6.07) is 11.1. The van der Waals surface area contributed by atoms with Crippen molar-refractivity contribution in [3.8, 4) is 0 Å². The molecule has 21 heavy (non-hydrogen) atoms. The number of rotatable bonds is 3. The number of nitrogens with one attached hydrogen (secondary N) is 1. The lowest BCUT2D eigenvalue weighted by molar-refractivity contribution is 0.102. The Balaban J connectivity index is 1.67. The van der Waals surface area contributed by atoms with Crippen molar-refractivity contribution in [2.45, 2.75) is 19.8 Å². The number of carbonyl (C=O) groups is 1. The Morgan fingerprint density at radius 3 is 2.38 bits per heavy atom. The third-order valence-electron chi connectivity index (χ3n) is 3.64. The summed E-state index contributed by atoms with van der Waals surface area (Å²) in [6.45, 7) is 4.05. The van der Waals surface area contributed by atoms with E-state index < -0.39 is 0 Å². The van der Waals surface area contributed by atoms with E-state index >= 15 is 0 Å². The number of hydrogen-bond donors (Lipinski definition) is 1. The van der Waals surface area contributed by atoms with Gasteiger partial charge in [-0.05, 0) is 44.0 Å². The highest BCUT2D eigenvalue weighted by atomic mass is 16.1. The van der Waals surface area contributed by atoms with Gasteiger partial charge in [0.25, 0.3) is 5.91 Å². The van der Waals surface area contributed by atoms with Crippen LogP contribution in [0.25, 0.3) is 0 Å². The van der Waals surface area contributed by atoms with Crippen molar-refractivity contribution >= 4 is 17.5 Å². The van der Waals surface area contributed by atoms with Crippen molar-refractivity contribution in [1.82, 2.24) is 10.2 Å². The van der Waals surface area contributed by atoms with Crippen LogP contribution in [0.4, 0.5) is 11.6 Å². The monoisotopic (exact) mass is 282 g/mol. The second-order valence-electron chi connectivity index (χ2n) is 5.29. The topological polar surface area (TPSA) is 58.1 Å². The summed E-state index contributed by atoms with van der Waals surface area (Å²) in [7, 11) is 0. The van der Waals surface area contributed by atoms with Gasteiger partial charge in [-0.2, -0.15) is 0 Å². The summed E-state index contributed by atoms with van der Waals surface area (Å²) >= 11 is 0. The molecule has 2 heterocycles. The molecule has 3 rings (SSSR count). The molecule has 2 aromatic rings. The summed E-state index contributed by atoms with van der Waals surface area (Å²) < 4.78 is 0. The Morgan fingerprint density at radius 2 is 1.76 bits per heavy atom. The van der Waals surface area contributed by atoms with Gasteiger partial charge in [-0.1, -0.05) is 17.7 Å². The zero-order chi connectivity index (χ0) is 14.7. The molecule has 1 aliphatic rings. The van der Waals surface area contributed by atoms with Gasteiger partial charge >= 0.3 is 0 Å². The van der Waals surface area contributed by atoms with Gasteiger partial charge in [-0.25, -0.2) is 0 Å². The van der Waals surface area contributed by atoms with E-state index in [1.807, 2.05) is 25.1 Å². The summed E-state index contributed by atoms with van der Waals surface area (Å²) in [4.78, 5) is 14.3. The third-order valence-corrected chi connectivity index (χ3v) is 3.64. The zero-order valence-electron chi connectivity index (χ0n) is 12.0. The molecule has 0 spiro atoms. The Labute approximate surface area is 124 Å². The molecule has 1 aromatic carbocycles. The van der Waals surface area contributed by atoms with Gasteiger partial charge in [0.2, 0.25) is 0 Å². The van der Waals surface area contributed by atoms with Crippen LogP contribution in [0.15, 0.2) is 36.4 Å². The number of anilines is 2. The van der Waals surface area contributed by atoms with Gasteiger partial charge in [-0.15, -0.1) is 10.2 Å². The van der Waals surface area contributed by atoms with Crippen LogP contribution in [0.3, 0.4) is 0 Å². The zero-order valence-corrected chi connectivity index (χ0v) is 12.0. The van der Waals surface area contributed by atoms with Gasteiger partial charge in [0, 0.05) is 18.7 Å². The summed E-state index contributed by atoms with van der Waals surface area (Å²) in [5, 5.41) is 11.0. The van der Waals surface area contributed by atoms with Crippen LogP contribution in [0.1, 0.15) is 28.8 Å². The minimum absolute atomic E-state index is 0.168. The normalized spacial score (nSPS) is 14.2. The number of benzene rings is 1. The molecule has 0 bridgehead atoms. The van der Waals surface area contributed by atoms with Gasteiger partial charge in [-0.3, -0.25) is 4.79 Å². The molecule has 1 N–H and O–H groups in total. The smallest absolute Gasteiger partial charge is 0.256 e. The van der Waals surface area contributed by atoms with Gasteiger partial charge < -0.3 is 10.2 Å². The largest absolute Gasteiger partial charge is 0.355 e. The van der Waals surface area contributed by atoms with Crippen LogP contribution >= 0.6 is 0 Å². The Kier molecular flexibility index (Phi) is 3.81. The molecular weight excluding hydrogens is 264 g/mol. The molecule has 108 valence electrons. The lowest BCUT2D eigenvalue weighted by Gasteiger charge is -2.15. The first-order valence-corrected chi connectivity index (χ1v) is 7.19. The standard InChI is InChI=1S/C16H18N4O/c1-12-4-6-13(7-5-12)16(21)17-14-8-9-15(19-18-14)20-10-2-3-11-20/h4-9H,2-3,10-11H2,1H3,(H,17,18,21). The van der Waals surface area contributed by atoms with Crippen molar-refractivity contribution in [2.75, 3.05) is 23.3 Å². The number of hydrogen-bond acceptors (Lipinski definition) is 4. The Morgan fingerprint density at radius 1 is 1.05 bits per heavy atom. The summed E-state index contributed by atoms with van der Waals surface area (Å²) in [5.74, 6) is 1.18. The Hall–Kier alpha value is -2.43. The summed E-state index contributed by atoms with van der Waals surface area (Å²) in [5.41, 5.74) is 1.74. The van der Waals surface area contributed by atoms with E-state index in [0.717, 1.165) is 24.5 Å². The van der Waals surface area contributed by atoms with E-state index in [-0.39, 0.29) is 5.91 Å². The van der Waals surface area contributed by atoms with Gasteiger partial charge in [0.15, 0.2) is 11.6 Å². The lowest BCUT2D eigenvalue weighted by atomic mass is 10.1. The third kappa shape index (κ3) is 3.18. The molecular formula is C16H18N4O. The number of aryl methyl sites for hydroxylation is 1. The highest BCUT2D eigenvalue weighted by molar-refractivity contribution is 6.03. The summed E-state index contributed by atoms with van der Waals surface area (Å²) in [6.07, 6.45) is 2.40. The fraction of sp³-hybridized carbons (Fsp3) is 0.312. The number of nitrogens with zero attached hydrogens (tertiary/aromatic N) is 3. The molecule has 0 aliphatic carbocycles.